The monoisotopic (exact) mass is 181 g/mol. The summed E-state index contributed by atoms with van der Waals surface area (Å²) < 4.78 is 0. The van der Waals surface area contributed by atoms with E-state index in [4.69, 9.17) is 6.42 Å². The topological polar surface area (TPSA) is 0 Å². The van der Waals surface area contributed by atoms with Gasteiger partial charge in [0.1, 0.15) is 0 Å². The number of hydrogen-bond acceptors (Lipinski definition) is 0. The lowest BCUT2D eigenvalue weighted by Crippen LogP contribution is -1.96. The third-order valence-corrected chi connectivity index (χ3v) is 2.20. The third kappa shape index (κ3) is 1.78. The molecule has 1 aromatic carbocycles. The third-order valence-electron chi connectivity index (χ3n) is 2.20. The van der Waals surface area contributed by atoms with Crippen LogP contribution in [-0.2, 0) is 0 Å². The first-order chi connectivity index (χ1) is 6.74. The van der Waals surface area contributed by atoms with Crippen molar-refractivity contribution in [3.8, 4) is 12.3 Å². The average molecular weight is 181 g/mol. The molecule has 0 amide bonds. The first-order valence-corrected chi connectivity index (χ1v) is 4.43. The van der Waals surface area contributed by atoms with Crippen LogP contribution in [0.15, 0.2) is 37.4 Å². The van der Waals surface area contributed by atoms with E-state index in [2.05, 4.69) is 19.1 Å². The second-order valence-corrected chi connectivity index (χ2v) is 3.00. The molecule has 0 heteroatoms. The second kappa shape index (κ2) is 4.48. The van der Waals surface area contributed by atoms with E-state index in [0.717, 1.165) is 22.6 Å². The molecule has 1 rings (SSSR count). The molecular weight excluding hydrogens is 168 g/mol. The van der Waals surface area contributed by atoms with Gasteiger partial charge in [0.15, 0.2) is 0 Å². The van der Waals surface area contributed by atoms with Crippen molar-refractivity contribution in [1.82, 2.24) is 0 Å². The molecule has 0 atom stereocenters. The van der Waals surface area contributed by atoms with Crippen LogP contribution in [0.1, 0.15) is 23.6 Å². The summed E-state index contributed by atoms with van der Waals surface area (Å²) in [4.78, 5) is 0. The lowest BCUT2D eigenvalue weighted by Gasteiger charge is -2.11. The molecule has 0 bridgehead atoms. The predicted octanol–water partition coefficient (Wildman–Crippen LogP) is 3.44. The molecule has 1 radical (unpaired) electrons. The zero-order valence-electron chi connectivity index (χ0n) is 8.38. The lowest BCUT2D eigenvalue weighted by molar-refractivity contribution is 1.24. The molecule has 0 aliphatic heterocycles. The molecule has 0 saturated heterocycles. The summed E-state index contributed by atoms with van der Waals surface area (Å²) in [6.45, 7) is 9.53. The van der Waals surface area contributed by atoms with Gasteiger partial charge < -0.3 is 0 Å². The number of allylic oxidation sites excluding steroid dienone is 1. The van der Waals surface area contributed by atoms with Crippen LogP contribution in [0.4, 0.5) is 0 Å². The van der Waals surface area contributed by atoms with Gasteiger partial charge in [0, 0.05) is 11.5 Å². The van der Waals surface area contributed by atoms with E-state index < -0.39 is 0 Å². The Balaban J connectivity index is 3.37. The maximum Gasteiger partial charge on any atom is 0.0317 e. The molecule has 0 aromatic heterocycles. The van der Waals surface area contributed by atoms with Crippen LogP contribution < -0.4 is 0 Å². The summed E-state index contributed by atoms with van der Waals surface area (Å²) >= 11 is 0. The van der Waals surface area contributed by atoms with Gasteiger partial charge in [-0.1, -0.05) is 43.7 Å². The lowest BCUT2D eigenvalue weighted by atomic mass is 9.92. The van der Waals surface area contributed by atoms with Crippen LogP contribution in [0.5, 0.6) is 0 Å². The number of rotatable bonds is 3. The van der Waals surface area contributed by atoms with Crippen molar-refractivity contribution in [2.24, 2.45) is 0 Å². The standard InChI is InChI=1S/C14H13/c1-5-11(4)14-10-8-9-12(6-2)13(14)7-3/h2,5,7-10H,1,3H2,4H3. The maximum atomic E-state index is 5.40. The minimum Gasteiger partial charge on any atom is -0.115 e. The smallest absolute Gasteiger partial charge is 0.0317 e. The summed E-state index contributed by atoms with van der Waals surface area (Å²) in [6.07, 6.45) is 9.02. The van der Waals surface area contributed by atoms with Crippen molar-refractivity contribution in [2.75, 3.05) is 0 Å². The van der Waals surface area contributed by atoms with Crippen molar-refractivity contribution in [2.45, 2.75) is 6.92 Å². The average Bonchev–Trinajstić information content (AvgIpc) is 2.26. The minimum absolute atomic E-state index is 0.874. The Morgan fingerprint density at radius 1 is 1.43 bits per heavy atom. The fourth-order valence-corrected chi connectivity index (χ4v) is 1.36. The predicted molar refractivity (Wildman–Crippen MR) is 62.7 cm³/mol. The van der Waals surface area contributed by atoms with E-state index in [0.29, 0.717) is 0 Å². The summed E-state index contributed by atoms with van der Waals surface area (Å²) in [6, 6.07) is 5.89. The molecular formula is C14H13. The van der Waals surface area contributed by atoms with Crippen molar-refractivity contribution < 1.29 is 0 Å². The Hall–Kier alpha value is -1.74. The van der Waals surface area contributed by atoms with Gasteiger partial charge in [-0.25, -0.2) is 0 Å². The molecule has 14 heavy (non-hydrogen) atoms. The quantitative estimate of drug-likeness (QED) is 0.627. The Bertz CT molecular complexity index is 391. The molecule has 69 valence electrons. The molecule has 0 fully saturated rings. The Morgan fingerprint density at radius 3 is 2.64 bits per heavy atom. The molecule has 0 N–H and O–H groups in total. The van der Waals surface area contributed by atoms with Gasteiger partial charge in [-0.15, -0.1) is 13.0 Å². The molecule has 1 aromatic rings. The first-order valence-electron chi connectivity index (χ1n) is 4.43. The zero-order chi connectivity index (χ0) is 10.6. The highest BCUT2D eigenvalue weighted by Gasteiger charge is 2.08. The van der Waals surface area contributed by atoms with Gasteiger partial charge in [0.25, 0.3) is 0 Å². The van der Waals surface area contributed by atoms with Crippen LogP contribution in [-0.4, -0.2) is 0 Å². The fourth-order valence-electron chi connectivity index (χ4n) is 1.36. The van der Waals surface area contributed by atoms with Crippen LogP contribution >= 0.6 is 0 Å². The van der Waals surface area contributed by atoms with E-state index in [1.807, 2.05) is 31.2 Å². The van der Waals surface area contributed by atoms with Gasteiger partial charge in [0.2, 0.25) is 0 Å². The van der Waals surface area contributed by atoms with E-state index in [1.54, 1.807) is 6.08 Å². The Kier molecular flexibility index (Phi) is 3.31. The van der Waals surface area contributed by atoms with Crippen LogP contribution in [0.25, 0.3) is 6.08 Å². The second-order valence-electron chi connectivity index (χ2n) is 3.00. The first kappa shape index (κ1) is 10.3. The van der Waals surface area contributed by atoms with Crippen LogP contribution in [0, 0.1) is 18.3 Å². The van der Waals surface area contributed by atoms with Gasteiger partial charge in [-0.2, -0.15) is 0 Å². The highest BCUT2D eigenvalue weighted by atomic mass is 14.1. The van der Waals surface area contributed by atoms with E-state index in [9.17, 15) is 0 Å². The Labute approximate surface area is 86.0 Å². The van der Waals surface area contributed by atoms with Crippen LogP contribution in [0.3, 0.4) is 0 Å². The summed E-state index contributed by atoms with van der Waals surface area (Å²) in [7, 11) is 0. The molecule has 0 saturated carbocycles. The van der Waals surface area contributed by atoms with Gasteiger partial charge in [-0.3, -0.25) is 0 Å². The zero-order valence-corrected chi connectivity index (χ0v) is 8.38. The Morgan fingerprint density at radius 2 is 2.14 bits per heavy atom. The molecule has 0 aliphatic carbocycles. The van der Waals surface area contributed by atoms with Crippen molar-refractivity contribution >= 4 is 6.08 Å². The summed E-state index contributed by atoms with van der Waals surface area (Å²) in [5, 5.41) is 0. The SMILES string of the molecule is C#Cc1cccc([C](C)C=C)c1C=C. The van der Waals surface area contributed by atoms with Gasteiger partial charge in [0.05, 0.1) is 0 Å². The summed E-state index contributed by atoms with van der Waals surface area (Å²) in [5.41, 5.74) is 2.98. The highest BCUT2D eigenvalue weighted by molar-refractivity contribution is 5.64. The molecule has 0 heterocycles. The van der Waals surface area contributed by atoms with Crippen LogP contribution in [0.2, 0.25) is 0 Å². The maximum absolute atomic E-state index is 5.40. The number of terminal acetylenes is 1. The van der Waals surface area contributed by atoms with E-state index in [-0.39, 0.29) is 0 Å². The van der Waals surface area contributed by atoms with E-state index in [1.165, 1.54) is 0 Å². The molecule has 0 unspecified atom stereocenters. The molecule has 0 aliphatic rings. The van der Waals surface area contributed by atoms with Crippen molar-refractivity contribution in [1.29, 1.82) is 0 Å². The fraction of sp³-hybridized carbons (Fsp3) is 0.0714. The van der Waals surface area contributed by atoms with E-state index >= 15 is 0 Å². The summed E-state index contributed by atoms with van der Waals surface area (Å²) in [5.74, 6) is 3.76. The largest absolute Gasteiger partial charge is 0.115 e. The normalized spacial score (nSPS) is 9.50. The van der Waals surface area contributed by atoms with Gasteiger partial charge in [-0.05, 0) is 17.2 Å². The molecule has 0 nitrogen and oxygen atoms in total. The van der Waals surface area contributed by atoms with Gasteiger partial charge >= 0.3 is 0 Å². The highest BCUT2D eigenvalue weighted by Crippen LogP contribution is 2.23. The number of hydrogen-bond donors (Lipinski definition) is 0. The van der Waals surface area contributed by atoms with Crippen molar-refractivity contribution in [3.05, 3.63) is 60.0 Å². The molecule has 0 spiro atoms. The van der Waals surface area contributed by atoms with Crippen molar-refractivity contribution in [3.63, 3.8) is 0 Å². The number of benzene rings is 1. The minimum atomic E-state index is 0.874.